The van der Waals surface area contributed by atoms with Crippen LogP contribution in [-0.4, -0.2) is 166 Å². The molecule has 4 aromatic heterocycles. The van der Waals surface area contributed by atoms with Gasteiger partial charge < -0.3 is 152 Å². The molecule has 12 rings (SSSR count). The van der Waals surface area contributed by atoms with E-state index in [4.69, 9.17) is 30.6 Å². The molecule has 14 N–H and O–H groups in total. The zero-order valence-electron chi connectivity index (χ0n) is 62.4. The average Bonchev–Trinajstić information content (AvgIpc) is 1.81. The van der Waals surface area contributed by atoms with E-state index < -0.39 is 46.0 Å². The van der Waals surface area contributed by atoms with Crippen molar-refractivity contribution in [1.29, 1.82) is 0 Å². The number of carbonyl (C=O) groups excluding carboxylic acids is 12. The second-order valence-corrected chi connectivity index (χ2v) is 21.2. The minimum atomic E-state index is -1.75. The average molecular weight is 1960 g/mol. The molecule has 42 nitrogen and oxygen atoms in total. The molecule has 0 spiro atoms. The number of aromatic nitrogens is 8. The van der Waals surface area contributed by atoms with Gasteiger partial charge in [-0.1, -0.05) is 194 Å². The van der Waals surface area contributed by atoms with Crippen LogP contribution in [0, 0.1) is 30.6 Å². The SMILES string of the molecule is O.O.O.O.O.O.O=Cc1ccc(C(=O)[O-])cc1.O=Cc1ccc(C(=O)[O-])cc1.O=Cc1ccc(C(=O)[O-])cc1.O=Cc1ccc(C(=O)[O-])cc1.O=Cc1ccc(C(=O)[O-])cc1.O=Cc1ccc(C(=O)[O-])cc1.O=[N+]([O-])[O-].O=[N+]([O-])[O-].[Cu+2].[Cu+2].[Cu+2].[Cu+2].[Cu+2].[OH-].[OH-].c1cc(Cn2ccnc2)cc(Cn2ccnc2)c1.c1cc(Cn2ccnc2)cc(Cn2ccnc2)c1. The normalized spacial score (nSPS) is 8.39. The fourth-order valence-corrected chi connectivity index (χ4v) is 8.20. The molecule has 0 saturated carbocycles. The van der Waals surface area contributed by atoms with Crippen molar-refractivity contribution >= 4 is 73.5 Å². The molecule has 0 aliphatic carbocycles. The molecule has 123 heavy (non-hydrogen) atoms. The number of carboxylic acid groups (broad SMARTS) is 6. The van der Waals surface area contributed by atoms with E-state index in [0.29, 0.717) is 71.1 Å². The number of aromatic carboxylic acids is 6. The van der Waals surface area contributed by atoms with Gasteiger partial charge >= 0.3 is 85.3 Å². The third-order valence-electron chi connectivity index (χ3n) is 13.4. The molecular formula is C76H72Cu5N10O32. The quantitative estimate of drug-likeness (QED) is 0.0336. The number of carbonyl (C=O) groups is 12. The molecule has 0 amide bonds. The Hall–Kier alpha value is -13.9. The first-order chi connectivity index (χ1) is 52.7. The maximum absolute atomic E-state index is 10.2. The Bertz CT molecular complexity index is 4180. The van der Waals surface area contributed by atoms with Crippen molar-refractivity contribution in [3.8, 4) is 0 Å². The van der Waals surface area contributed by atoms with Gasteiger partial charge in [0.15, 0.2) is 0 Å². The number of imidazole rings is 4. The van der Waals surface area contributed by atoms with Crippen LogP contribution in [0.4, 0.5) is 0 Å². The number of nitrogens with zero attached hydrogens (tertiary/aromatic N) is 10. The Balaban J connectivity index is -0.000000127. The first-order valence-corrected chi connectivity index (χ1v) is 30.9. The van der Waals surface area contributed by atoms with Gasteiger partial charge in [0.05, 0.1) is 71.3 Å². The summed E-state index contributed by atoms with van der Waals surface area (Å²) in [5, 5.41) is 90.7. The molecular weight excluding hydrogens is 1880 g/mol. The monoisotopic (exact) mass is 1950 g/mol. The number of aldehydes is 6. The van der Waals surface area contributed by atoms with Gasteiger partial charge in [0, 0.05) is 109 Å². The van der Waals surface area contributed by atoms with Gasteiger partial charge in [0.25, 0.3) is 0 Å². The summed E-state index contributed by atoms with van der Waals surface area (Å²) in [7, 11) is 0. The Morgan fingerprint density at radius 3 is 0.496 bits per heavy atom. The van der Waals surface area contributed by atoms with Crippen molar-refractivity contribution in [3.63, 3.8) is 0 Å². The Labute approximate surface area is 749 Å². The number of benzene rings is 8. The van der Waals surface area contributed by atoms with Crippen LogP contribution in [0.25, 0.3) is 0 Å². The third-order valence-corrected chi connectivity index (χ3v) is 13.4. The zero-order chi connectivity index (χ0) is 81.2. The van der Waals surface area contributed by atoms with Crippen LogP contribution >= 0.6 is 0 Å². The molecule has 4 heterocycles. The Kier molecular flexibility index (Phi) is 81.4. The summed E-state index contributed by atoms with van der Waals surface area (Å²) in [6, 6.07) is 50.3. The molecule has 0 aliphatic heterocycles. The third kappa shape index (κ3) is 57.0. The van der Waals surface area contributed by atoms with Gasteiger partial charge in [-0.2, -0.15) is 0 Å². The summed E-state index contributed by atoms with van der Waals surface area (Å²) < 4.78 is 8.26. The second-order valence-electron chi connectivity index (χ2n) is 21.2. The van der Waals surface area contributed by atoms with Crippen LogP contribution in [0.1, 0.15) is 147 Å². The molecule has 12 aromatic rings. The smallest absolute Gasteiger partial charge is 0.870 e. The van der Waals surface area contributed by atoms with E-state index >= 15 is 0 Å². The van der Waals surface area contributed by atoms with E-state index in [1.165, 1.54) is 168 Å². The van der Waals surface area contributed by atoms with E-state index in [1.54, 1.807) is 24.8 Å². The second kappa shape index (κ2) is 75.6. The zero-order valence-corrected chi connectivity index (χ0v) is 67.1. The van der Waals surface area contributed by atoms with Crippen molar-refractivity contribution in [2.45, 2.75) is 26.2 Å². The van der Waals surface area contributed by atoms with Gasteiger partial charge in [-0.15, -0.1) is 0 Å². The van der Waals surface area contributed by atoms with Crippen LogP contribution in [0.5, 0.6) is 0 Å². The topological polar surface area (TPSA) is 796 Å². The molecule has 8 aromatic carbocycles. The van der Waals surface area contributed by atoms with E-state index in [-0.39, 0.29) is 163 Å². The Morgan fingerprint density at radius 2 is 0.398 bits per heavy atom. The largest absolute Gasteiger partial charge is 2.00 e. The van der Waals surface area contributed by atoms with Crippen LogP contribution in [-0.2, 0) is 112 Å². The minimum Gasteiger partial charge on any atom is -0.870 e. The van der Waals surface area contributed by atoms with Gasteiger partial charge in [0.1, 0.15) is 37.7 Å². The molecule has 47 heteroatoms. The van der Waals surface area contributed by atoms with Crippen molar-refractivity contribution < 1.29 is 227 Å². The number of carboxylic acids is 6. The first-order valence-electron chi connectivity index (χ1n) is 30.9. The maximum atomic E-state index is 10.2. The van der Waals surface area contributed by atoms with Crippen molar-refractivity contribution in [3.05, 3.63) is 389 Å². The predicted octanol–water partition coefficient (Wildman–Crippen LogP) is -2.26. The van der Waals surface area contributed by atoms with Crippen LogP contribution in [0.3, 0.4) is 0 Å². The van der Waals surface area contributed by atoms with Crippen LogP contribution in [0.15, 0.2) is 269 Å². The maximum Gasteiger partial charge on any atom is 2.00 e. The predicted molar refractivity (Wildman–Crippen MR) is 401 cm³/mol. The molecule has 0 unspecified atom stereocenters. The summed E-state index contributed by atoms with van der Waals surface area (Å²) in [6.45, 7) is 3.44. The van der Waals surface area contributed by atoms with E-state index in [0.717, 1.165) is 26.2 Å². The molecule has 0 atom stereocenters. The summed E-state index contributed by atoms with van der Waals surface area (Å²) in [5.41, 5.74) is 8.33. The van der Waals surface area contributed by atoms with E-state index in [2.05, 4.69) is 86.7 Å². The number of hydrogen-bond acceptors (Lipinski definition) is 30. The molecule has 673 valence electrons. The first kappa shape index (κ1) is 132. The summed E-state index contributed by atoms with van der Waals surface area (Å²) in [4.78, 5) is 155. The fraction of sp³-hybridized carbons (Fsp3) is 0.0526. The van der Waals surface area contributed by atoms with Crippen LogP contribution in [0.2, 0.25) is 0 Å². The summed E-state index contributed by atoms with van der Waals surface area (Å²) >= 11 is 0. The summed E-state index contributed by atoms with van der Waals surface area (Å²) in [5.74, 6) is -7.40. The van der Waals surface area contributed by atoms with Gasteiger partial charge in [-0.05, 0) is 55.6 Å². The molecule has 0 aliphatic rings. The summed E-state index contributed by atoms with van der Waals surface area (Å²) in [6.07, 6.45) is 26.4. The van der Waals surface area contributed by atoms with E-state index in [1.807, 2.05) is 50.1 Å². The molecule has 0 fully saturated rings. The number of rotatable bonds is 20. The van der Waals surface area contributed by atoms with Gasteiger partial charge in [-0.3, -0.25) is 28.8 Å². The van der Waals surface area contributed by atoms with Crippen molar-refractivity contribution in [1.82, 2.24) is 38.2 Å². The Morgan fingerprint density at radius 1 is 0.268 bits per heavy atom. The van der Waals surface area contributed by atoms with Gasteiger partial charge in [0.2, 0.25) is 0 Å². The van der Waals surface area contributed by atoms with Crippen molar-refractivity contribution in [2.75, 3.05) is 0 Å². The molecule has 0 bridgehead atoms. The fourth-order valence-electron chi connectivity index (χ4n) is 8.20. The number of hydrogen-bond donors (Lipinski definition) is 0. The molecule has 0 saturated heterocycles. The van der Waals surface area contributed by atoms with Gasteiger partial charge in [-0.25, -0.2) is 19.9 Å². The van der Waals surface area contributed by atoms with Crippen LogP contribution < -0.4 is 30.6 Å². The van der Waals surface area contributed by atoms with E-state index in [9.17, 15) is 88.2 Å². The molecule has 5 radical (unpaired) electrons. The standard InChI is InChI=1S/2C14H14N4.6C8H6O3.5Cu.2NO3.8H2O/c2*1-2-13(9-17-6-4-15-11-17)8-14(3-1)10-18-7-5-16-12-18;6*9-5-6-1-3-7(4-2-6)8(10)11;;;;;;2*2-1(3)4;;;;;;;;/h2*1-8,11-12H,9-10H2;6*1-5H,(H,10,11);;;;;;;;8*1H2/q;;;;;;;;5*+2;2*-1;;;;;;;;/p-8. The van der Waals surface area contributed by atoms with Crippen molar-refractivity contribution in [2.24, 2.45) is 0 Å². The minimum absolute atomic E-state index is 0.